The van der Waals surface area contributed by atoms with Crippen LogP contribution in [0, 0.1) is 0 Å². The number of hydrogen-bond donors (Lipinski definition) is 1. The van der Waals surface area contributed by atoms with Crippen LogP contribution in [0.2, 0.25) is 5.02 Å². The van der Waals surface area contributed by atoms with Crippen LogP contribution < -0.4 is 5.73 Å². The number of fused-ring (bicyclic) bond motifs is 1. The number of anilines is 1. The zero-order valence-corrected chi connectivity index (χ0v) is 10.5. The number of nitrogen functional groups attached to an aromatic ring is 1. The first kappa shape index (κ1) is 11.0. The van der Waals surface area contributed by atoms with Gasteiger partial charge in [0.05, 0.1) is 11.0 Å². The van der Waals surface area contributed by atoms with Gasteiger partial charge < -0.3 is 10.3 Å². The van der Waals surface area contributed by atoms with E-state index in [9.17, 15) is 0 Å². The van der Waals surface area contributed by atoms with E-state index >= 15 is 0 Å². The number of rotatable bonds is 1. The van der Waals surface area contributed by atoms with Crippen molar-refractivity contribution in [3.8, 4) is 11.5 Å². The molecule has 0 unspecified atom stereocenters. The smallest absolute Gasteiger partial charge is 0.159 e. The summed E-state index contributed by atoms with van der Waals surface area (Å²) in [5.41, 5.74) is 8.31. The van der Waals surface area contributed by atoms with E-state index in [1.807, 2.05) is 41.9 Å². The van der Waals surface area contributed by atoms with Gasteiger partial charge in [0.1, 0.15) is 11.5 Å². The van der Waals surface area contributed by atoms with Crippen molar-refractivity contribution in [3.05, 3.63) is 41.4 Å². The highest BCUT2D eigenvalue weighted by Crippen LogP contribution is 2.24. The maximum Gasteiger partial charge on any atom is 0.159 e. The number of hydrogen-bond acceptors (Lipinski definition) is 3. The second kappa shape index (κ2) is 3.99. The van der Waals surface area contributed by atoms with Crippen LogP contribution >= 0.6 is 11.6 Å². The molecule has 0 aliphatic rings. The highest BCUT2D eigenvalue weighted by Gasteiger charge is 2.11. The molecule has 0 amide bonds. The molecule has 5 heteroatoms. The molecule has 0 atom stereocenters. The van der Waals surface area contributed by atoms with Crippen LogP contribution in [-0.2, 0) is 7.05 Å². The van der Waals surface area contributed by atoms with Crippen molar-refractivity contribution in [3.63, 3.8) is 0 Å². The van der Waals surface area contributed by atoms with Gasteiger partial charge in [-0.15, -0.1) is 0 Å². The lowest BCUT2D eigenvalue weighted by Gasteiger charge is -2.02. The van der Waals surface area contributed by atoms with Gasteiger partial charge >= 0.3 is 0 Å². The molecule has 3 aromatic rings. The fourth-order valence-electron chi connectivity index (χ4n) is 1.97. The lowest BCUT2D eigenvalue weighted by molar-refractivity contribution is 0.951. The van der Waals surface area contributed by atoms with Crippen molar-refractivity contribution < 1.29 is 0 Å². The Hall–Kier alpha value is -2.07. The number of nitrogens with two attached hydrogens (primary N) is 1. The Bertz CT molecular complexity index is 733. The summed E-state index contributed by atoms with van der Waals surface area (Å²) in [6, 6.07) is 11.1. The minimum atomic E-state index is 0.484. The van der Waals surface area contributed by atoms with E-state index in [2.05, 4.69) is 9.97 Å². The lowest BCUT2D eigenvalue weighted by atomic mass is 10.3. The van der Waals surface area contributed by atoms with Gasteiger partial charge in [0.15, 0.2) is 5.82 Å². The van der Waals surface area contributed by atoms with Crippen molar-refractivity contribution in [2.75, 3.05) is 5.73 Å². The van der Waals surface area contributed by atoms with Gasteiger partial charge in [-0.05, 0) is 30.3 Å². The molecule has 0 bridgehead atoms. The van der Waals surface area contributed by atoms with Crippen LogP contribution in [0.3, 0.4) is 0 Å². The first-order valence-electron chi connectivity index (χ1n) is 5.50. The number of halogens is 1. The van der Waals surface area contributed by atoms with Crippen LogP contribution in [0.4, 0.5) is 5.82 Å². The minimum Gasteiger partial charge on any atom is -0.384 e. The molecule has 2 aromatic heterocycles. The summed E-state index contributed by atoms with van der Waals surface area (Å²) in [6.07, 6.45) is 0. The quantitative estimate of drug-likeness (QED) is 0.730. The Kier molecular flexibility index (Phi) is 2.45. The maximum absolute atomic E-state index is 5.99. The molecule has 1 aromatic carbocycles. The molecule has 2 N–H and O–H groups in total. The number of aryl methyl sites for hydroxylation is 1. The molecule has 0 aliphatic carbocycles. The monoisotopic (exact) mass is 258 g/mol. The van der Waals surface area contributed by atoms with Crippen LogP contribution in [0.15, 0.2) is 36.4 Å². The summed E-state index contributed by atoms with van der Waals surface area (Å²) in [6.45, 7) is 0. The molecule has 3 rings (SSSR count). The summed E-state index contributed by atoms with van der Waals surface area (Å²) in [7, 11) is 1.94. The first-order chi connectivity index (χ1) is 8.65. The SMILES string of the molecule is Cn1c(-c2cccc(N)n2)nc2ccc(Cl)cc21. The van der Waals surface area contributed by atoms with E-state index < -0.39 is 0 Å². The zero-order valence-electron chi connectivity index (χ0n) is 9.76. The van der Waals surface area contributed by atoms with Gasteiger partial charge in [0, 0.05) is 12.1 Å². The lowest BCUT2D eigenvalue weighted by Crippen LogP contribution is -1.97. The summed E-state index contributed by atoms with van der Waals surface area (Å²) < 4.78 is 1.96. The Balaban J connectivity index is 2.27. The van der Waals surface area contributed by atoms with E-state index in [0.717, 1.165) is 22.6 Å². The summed E-state index contributed by atoms with van der Waals surface area (Å²) in [5, 5.41) is 0.692. The highest BCUT2D eigenvalue weighted by molar-refractivity contribution is 6.31. The second-order valence-electron chi connectivity index (χ2n) is 4.08. The molecule has 0 spiro atoms. The Morgan fingerprint density at radius 1 is 1.17 bits per heavy atom. The van der Waals surface area contributed by atoms with Crippen molar-refractivity contribution in [2.45, 2.75) is 0 Å². The van der Waals surface area contributed by atoms with E-state index in [-0.39, 0.29) is 0 Å². The Morgan fingerprint density at radius 3 is 2.78 bits per heavy atom. The van der Waals surface area contributed by atoms with Gasteiger partial charge in [-0.3, -0.25) is 0 Å². The molecular weight excluding hydrogens is 248 g/mol. The third-order valence-electron chi connectivity index (χ3n) is 2.84. The molecule has 0 saturated carbocycles. The molecular formula is C13H11ClN4. The zero-order chi connectivity index (χ0) is 12.7. The average molecular weight is 259 g/mol. The van der Waals surface area contributed by atoms with Crippen LogP contribution in [0.5, 0.6) is 0 Å². The van der Waals surface area contributed by atoms with Crippen molar-refractivity contribution >= 4 is 28.5 Å². The molecule has 18 heavy (non-hydrogen) atoms. The van der Waals surface area contributed by atoms with Crippen molar-refractivity contribution in [1.82, 2.24) is 14.5 Å². The third kappa shape index (κ3) is 1.71. The molecule has 0 saturated heterocycles. The van der Waals surface area contributed by atoms with Gasteiger partial charge in [-0.1, -0.05) is 17.7 Å². The number of nitrogens with zero attached hydrogens (tertiary/aromatic N) is 3. The Labute approximate surface area is 109 Å². The minimum absolute atomic E-state index is 0.484. The van der Waals surface area contributed by atoms with E-state index in [4.69, 9.17) is 17.3 Å². The fourth-order valence-corrected chi connectivity index (χ4v) is 2.13. The van der Waals surface area contributed by atoms with Crippen LogP contribution in [0.25, 0.3) is 22.6 Å². The Morgan fingerprint density at radius 2 is 2.00 bits per heavy atom. The van der Waals surface area contributed by atoms with Gasteiger partial charge in [-0.2, -0.15) is 0 Å². The van der Waals surface area contributed by atoms with Crippen LogP contribution in [0.1, 0.15) is 0 Å². The van der Waals surface area contributed by atoms with Gasteiger partial charge in [0.2, 0.25) is 0 Å². The van der Waals surface area contributed by atoms with Crippen molar-refractivity contribution in [1.29, 1.82) is 0 Å². The molecule has 4 nitrogen and oxygen atoms in total. The summed E-state index contributed by atoms with van der Waals surface area (Å²) in [4.78, 5) is 8.83. The summed E-state index contributed by atoms with van der Waals surface area (Å²) >= 11 is 5.99. The molecule has 0 fully saturated rings. The molecule has 90 valence electrons. The molecule has 0 aliphatic heterocycles. The second-order valence-corrected chi connectivity index (χ2v) is 4.51. The van der Waals surface area contributed by atoms with Gasteiger partial charge in [0.25, 0.3) is 0 Å². The van der Waals surface area contributed by atoms with Gasteiger partial charge in [-0.25, -0.2) is 9.97 Å². The fraction of sp³-hybridized carbons (Fsp3) is 0.0769. The van der Waals surface area contributed by atoms with E-state index in [1.165, 1.54) is 0 Å². The van der Waals surface area contributed by atoms with E-state index in [0.29, 0.717) is 10.8 Å². The first-order valence-corrected chi connectivity index (χ1v) is 5.88. The predicted molar refractivity (Wildman–Crippen MR) is 73.4 cm³/mol. The summed E-state index contributed by atoms with van der Waals surface area (Å²) in [5.74, 6) is 1.26. The number of pyridine rings is 1. The number of benzene rings is 1. The topological polar surface area (TPSA) is 56.7 Å². The van der Waals surface area contributed by atoms with Crippen LogP contribution in [-0.4, -0.2) is 14.5 Å². The van der Waals surface area contributed by atoms with E-state index in [1.54, 1.807) is 6.07 Å². The number of imidazole rings is 1. The van der Waals surface area contributed by atoms with Crippen molar-refractivity contribution in [2.24, 2.45) is 7.05 Å². The highest BCUT2D eigenvalue weighted by atomic mass is 35.5. The standard InChI is InChI=1S/C13H11ClN4/c1-18-11-7-8(14)5-6-9(11)17-13(18)10-3-2-4-12(15)16-10/h2-7H,1H3,(H2,15,16). The predicted octanol–water partition coefficient (Wildman–Crippen LogP) is 2.87. The maximum atomic E-state index is 5.99. The normalized spacial score (nSPS) is 11.0. The molecule has 2 heterocycles. The third-order valence-corrected chi connectivity index (χ3v) is 3.08. The number of aromatic nitrogens is 3. The average Bonchev–Trinajstić information content (AvgIpc) is 2.67. The largest absolute Gasteiger partial charge is 0.384 e. The molecule has 0 radical (unpaired) electrons.